The number of benzene rings is 1. The van der Waals surface area contributed by atoms with E-state index in [4.69, 9.17) is 10.2 Å². The van der Waals surface area contributed by atoms with Gasteiger partial charge < -0.3 is 15.5 Å². The van der Waals surface area contributed by atoms with Crippen LogP contribution >= 0.6 is 0 Å². The van der Waals surface area contributed by atoms with Crippen molar-refractivity contribution in [3.8, 4) is 0 Å². The molecular weight excluding hydrogens is 302 g/mol. The molecular formula is C19H25N3O2. The minimum Gasteiger partial charge on any atom is -0.446 e. The zero-order valence-electron chi connectivity index (χ0n) is 14.3. The summed E-state index contributed by atoms with van der Waals surface area (Å²) in [4.78, 5) is 16.8. The minimum absolute atomic E-state index is 0.0332. The normalized spacial score (nSPS) is 19.4. The van der Waals surface area contributed by atoms with Gasteiger partial charge >= 0.3 is 0 Å². The summed E-state index contributed by atoms with van der Waals surface area (Å²) in [6.45, 7) is 4.12. The van der Waals surface area contributed by atoms with Crippen LogP contribution in [0, 0.1) is 5.92 Å². The second-order valence-electron chi connectivity index (χ2n) is 6.60. The van der Waals surface area contributed by atoms with Crippen LogP contribution in [0.25, 0.3) is 0 Å². The van der Waals surface area contributed by atoms with Crippen molar-refractivity contribution >= 4 is 5.91 Å². The number of nitrogens with one attached hydrogen (secondary N) is 1. The number of fused-ring (bicyclic) bond motifs is 1. The van der Waals surface area contributed by atoms with Gasteiger partial charge in [-0.05, 0) is 36.3 Å². The molecule has 5 heteroatoms. The molecule has 0 saturated heterocycles. The summed E-state index contributed by atoms with van der Waals surface area (Å²) in [6.07, 6.45) is 5.43. The fourth-order valence-electron chi connectivity index (χ4n) is 3.18. The summed E-state index contributed by atoms with van der Waals surface area (Å²) >= 11 is 0. The summed E-state index contributed by atoms with van der Waals surface area (Å²) < 4.78 is 5.43. The lowest BCUT2D eigenvalue weighted by atomic mass is 9.88. The molecule has 3 unspecified atom stereocenters. The predicted octanol–water partition coefficient (Wildman–Crippen LogP) is 3.53. The number of amides is 1. The molecule has 24 heavy (non-hydrogen) atoms. The van der Waals surface area contributed by atoms with Gasteiger partial charge in [0.1, 0.15) is 6.26 Å². The van der Waals surface area contributed by atoms with Crippen molar-refractivity contribution in [1.29, 1.82) is 0 Å². The molecule has 2 aromatic rings. The smallest absolute Gasteiger partial charge is 0.273 e. The molecule has 3 rings (SSSR count). The molecule has 128 valence electrons. The van der Waals surface area contributed by atoms with Crippen molar-refractivity contribution in [3.63, 3.8) is 0 Å². The summed E-state index contributed by atoms with van der Waals surface area (Å²) in [5.41, 5.74) is 8.94. The van der Waals surface area contributed by atoms with Crippen LogP contribution in [0.2, 0.25) is 0 Å². The highest BCUT2D eigenvalue weighted by Gasteiger charge is 2.25. The van der Waals surface area contributed by atoms with Gasteiger partial charge in [-0.3, -0.25) is 4.79 Å². The van der Waals surface area contributed by atoms with Gasteiger partial charge in [-0.15, -0.1) is 0 Å². The summed E-state index contributed by atoms with van der Waals surface area (Å²) in [5.74, 6) is 0.478. The van der Waals surface area contributed by atoms with Gasteiger partial charge in [0.05, 0.1) is 12.1 Å². The maximum atomic E-state index is 12.5. The highest BCUT2D eigenvalue weighted by Crippen LogP contribution is 2.29. The minimum atomic E-state index is -0.285. The summed E-state index contributed by atoms with van der Waals surface area (Å²) in [6, 6.07) is 8.03. The first-order chi connectivity index (χ1) is 11.6. The number of aryl methyl sites for hydroxylation is 1. The van der Waals surface area contributed by atoms with Crippen molar-refractivity contribution in [2.24, 2.45) is 11.7 Å². The number of hydrogen-bond acceptors (Lipinski definition) is 4. The van der Waals surface area contributed by atoms with E-state index in [1.807, 2.05) is 19.1 Å². The van der Waals surface area contributed by atoms with Crippen molar-refractivity contribution in [2.45, 2.75) is 51.6 Å². The number of aromatic nitrogens is 1. The highest BCUT2D eigenvalue weighted by molar-refractivity contribution is 5.92. The van der Waals surface area contributed by atoms with Crippen molar-refractivity contribution < 1.29 is 9.21 Å². The highest BCUT2D eigenvalue weighted by atomic mass is 16.3. The summed E-state index contributed by atoms with van der Waals surface area (Å²) in [7, 11) is 0. The Balaban J connectivity index is 1.71. The Bertz CT molecular complexity index is 710. The number of nitrogens with zero attached hydrogens (tertiary/aromatic N) is 1. The second kappa shape index (κ2) is 7.18. The lowest BCUT2D eigenvalue weighted by Gasteiger charge is -2.26. The van der Waals surface area contributed by atoms with E-state index in [2.05, 4.69) is 29.4 Å². The molecule has 1 heterocycles. The second-order valence-corrected chi connectivity index (χ2v) is 6.60. The van der Waals surface area contributed by atoms with Crippen LogP contribution in [0.15, 0.2) is 34.9 Å². The molecule has 1 aromatic heterocycles. The first kappa shape index (κ1) is 16.7. The monoisotopic (exact) mass is 327 g/mol. The molecule has 0 aliphatic heterocycles. The average molecular weight is 327 g/mol. The molecule has 1 aliphatic rings. The van der Waals surface area contributed by atoms with E-state index in [-0.39, 0.29) is 23.9 Å². The number of carbonyl (C=O) groups is 1. The zero-order chi connectivity index (χ0) is 17.1. The SMILES string of the molecule is CCC(C)C(N)c1nc(C(=O)NC2CCCc3ccccc32)co1. The number of carbonyl (C=O) groups excluding carboxylic acids is 1. The maximum Gasteiger partial charge on any atom is 0.273 e. The topological polar surface area (TPSA) is 81.1 Å². The lowest BCUT2D eigenvalue weighted by molar-refractivity contribution is 0.0927. The molecule has 1 amide bonds. The molecule has 1 aliphatic carbocycles. The van der Waals surface area contributed by atoms with Crippen LogP contribution in [-0.2, 0) is 6.42 Å². The fourth-order valence-corrected chi connectivity index (χ4v) is 3.18. The van der Waals surface area contributed by atoms with Gasteiger partial charge in [0.15, 0.2) is 5.69 Å². The van der Waals surface area contributed by atoms with E-state index in [9.17, 15) is 4.79 Å². The number of nitrogens with two attached hydrogens (primary N) is 1. The van der Waals surface area contributed by atoms with Gasteiger partial charge in [-0.2, -0.15) is 0 Å². The molecule has 0 radical (unpaired) electrons. The van der Waals surface area contributed by atoms with Gasteiger partial charge in [0, 0.05) is 0 Å². The van der Waals surface area contributed by atoms with E-state index in [0.717, 1.165) is 25.7 Å². The van der Waals surface area contributed by atoms with Crippen LogP contribution in [0.1, 0.15) is 72.7 Å². The Labute approximate surface area is 142 Å². The quantitative estimate of drug-likeness (QED) is 0.880. The van der Waals surface area contributed by atoms with Crippen LogP contribution in [-0.4, -0.2) is 10.9 Å². The lowest BCUT2D eigenvalue weighted by Crippen LogP contribution is -2.31. The van der Waals surface area contributed by atoms with Crippen LogP contribution in [0.4, 0.5) is 0 Å². The number of hydrogen-bond donors (Lipinski definition) is 2. The third-order valence-electron chi connectivity index (χ3n) is 4.97. The zero-order valence-corrected chi connectivity index (χ0v) is 14.3. The number of rotatable bonds is 5. The van der Waals surface area contributed by atoms with Crippen LogP contribution < -0.4 is 11.1 Å². The van der Waals surface area contributed by atoms with Crippen molar-refractivity contribution in [1.82, 2.24) is 10.3 Å². The first-order valence-electron chi connectivity index (χ1n) is 8.69. The van der Waals surface area contributed by atoms with Gasteiger partial charge in [-0.1, -0.05) is 44.5 Å². The van der Waals surface area contributed by atoms with E-state index in [1.54, 1.807) is 0 Å². The molecule has 3 N–H and O–H groups in total. The van der Waals surface area contributed by atoms with Gasteiger partial charge in [0.2, 0.25) is 5.89 Å². The first-order valence-corrected chi connectivity index (χ1v) is 8.69. The Kier molecular flexibility index (Phi) is 5.00. The van der Waals surface area contributed by atoms with Gasteiger partial charge in [0.25, 0.3) is 5.91 Å². The maximum absolute atomic E-state index is 12.5. The third-order valence-corrected chi connectivity index (χ3v) is 4.97. The predicted molar refractivity (Wildman–Crippen MR) is 92.5 cm³/mol. The van der Waals surface area contributed by atoms with Crippen LogP contribution in [0.5, 0.6) is 0 Å². The van der Waals surface area contributed by atoms with Crippen molar-refractivity contribution in [2.75, 3.05) is 0 Å². The molecule has 0 saturated carbocycles. The number of oxazole rings is 1. The molecule has 0 spiro atoms. The molecule has 3 atom stereocenters. The standard InChI is InChI=1S/C19H25N3O2/c1-3-12(2)17(20)19-22-16(11-24-19)18(23)21-15-10-6-8-13-7-4-5-9-14(13)15/h4-5,7,9,11-12,15,17H,3,6,8,10,20H2,1-2H3,(H,21,23). The third kappa shape index (κ3) is 3.36. The Morgan fingerprint density at radius 2 is 2.25 bits per heavy atom. The van der Waals surface area contributed by atoms with E-state index < -0.39 is 0 Å². The van der Waals surface area contributed by atoms with Crippen molar-refractivity contribution in [3.05, 3.63) is 53.2 Å². The largest absolute Gasteiger partial charge is 0.446 e. The molecule has 0 bridgehead atoms. The molecule has 0 fully saturated rings. The fraction of sp³-hybridized carbons (Fsp3) is 0.474. The van der Waals surface area contributed by atoms with E-state index >= 15 is 0 Å². The Morgan fingerprint density at radius 1 is 1.46 bits per heavy atom. The van der Waals surface area contributed by atoms with E-state index in [1.165, 1.54) is 17.4 Å². The Morgan fingerprint density at radius 3 is 3.04 bits per heavy atom. The van der Waals surface area contributed by atoms with Crippen LogP contribution in [0.3, 0.4) is 0 Å². The summed E-state index contributed by atoms with van der Waals surface area (Å²) in [5, 5.41) is 3.08. The van der Waals surface area contributed by atoms with E-state index in [0.29, 0.717) is 11.6 Å². The van der Waals surface area contributed by atoms with Gasteiger partial charge in [-0.25, -0.2) is 4.98 Å². The molecule has 5 nitrogen and oxygen atoms in total. The molecule has 1 aromatic carbocycles. The average Bonchev–Trinajstić information content (AvgIpc) is 3.11. The Hall–Kier alpha value is -2.14.